The van der Waals surface area contributed by atoms with Crippen molar-refractivity contribution in [2.45, 2.75) is 58.5 Å². The first-order valence-electron chi connectivity index (χ1n) is 11.2. The van der Waals surface area contributed by atoms with Crippen LogP contribution in [0.4, 0.5) is 0 Å². The zero-order chi connectivity index (χ0) is 25.0. The normalized spacial score (nSPS) is 18.0. The average Bonchev–Trinajstić information content (AvgIpc) is 3.21. The Kier molecular flexibility index (Phi) is 8.11. The van der Waals surface area contributed by atoms with Crippen LogP contribution >= 0.6 is 23.2 Å². The highest BCUT2D eigenvalue weighted by atomic mass is 35.5. The molecule has 3 rings (SSSR count). The Balaban J connectivity index is 1.74. The number of piperidine rings is 1. The third-order valence-electron chi connectivity index (χ3n) is 5.76. The average molecular weight is 506 g/mol. The first kappa shape index (κ1) is 25.9. The van der Waals surface area contributed by atoms with E-state index >= 15 is 0 Å². The number of H-pyrrole nitrogens is 1. The highest BCUT2D eigenvalue weighted by Crippen LogP contribution is 2.31. The molecular weight excluding hydrogens is 477 g/mol. The molecule has 3 unspecified atom stereocenters. The van der Waals surface area contributed by atoms with Gasteiger partial charge >= 0.3 is 0 Å². The van der Waals surface area contributed by atoms with Gasteiger partial charge in [-0.3, -0.25) is 14.4 Å². The van der Waals surface area contributed by atoms with Crippen molar-refractivity contribution in [3.8, 4) is 6.07 Å². The molecule has 8 nitrogen and oxygen atoms in total. The number of hydrogen-bond donors (Lipinski definition) is 4. The number of nitrogens with one attached hydrogen (secondary N) is 4. The van der Waals surface area contributed by atoms with Crippen LogP contribution in [-0.2, 0) is 9.59 Å². The van der Waals surface area contributed by atoms with E-state index in [1.165, 1.54) is 0 Å². The van der Waals surface area contributed by atoms with E-state index in [0.717, 1.165) is 6.42 Å². The molecule has 1 fully saturated rings. The number of hydrogen-bond acceptors (Lipinski definition) is 4. The topological polar surface area (TPSA) is 127 Å². The molecule has 1 aromatic carbocycles. The lowest BCUT2D eigenvalue weighted by molar-refractivity contribution is -0.128. The number of nitrogens with zero attached hydrogens (tertiary/aromatic N) is 1. The van der Waals surface area contributed by atoms with Crippen molar-refractivity contribution in [2.75, 3.05) is 6.54 Å². The summed E-state index contributed by atoms with van der Waals surface area (Å²) in [6, 6.07) is 5.38. The van der Waals surface area contributed by atoms with Crippen molar-refractivity contribution in [1.29, 1.82) is 5.26 Å². The zero-order valence-corrected chi connectivity index (χ0v) is 20.9. The van der Waals surface area contributed by atoms with E-state index in [-0.39, 0.29) is 29.4 Å². The molecule has 1 aromatic heterocycles. The molecule has 0 aliphatic carbocycles. The predicted molar refractivity (Wildman–Crippen MR) is 132 cm³/mol. The highest BCUT2D eigenvalue weighted by molar-refractivity contribution is 6.45. The molecule has 0 radical (unpaired) electrons. The summed E-state index contributed by atoms with van der Waals surface area (Å²) >= 11 is 12.3. The summed E-state index contributed by atoms with van der Waals surface area (Å²) < 4.78 is 0. The molecule has 1 aliphatic rings. The maximum Gasteiger partial charge on any atom is 0.268 e. The fourth-order valence-corrected chi connectivity index (χ4v) is 4.46. The Morgan fingerprint density at radius 1 is 1.26 bits per heavy atom. The standard InChI is InChI=1S/C24H29Cl2N5O3/c1-24(2,3)11-18(23(34)29-15(12-27)9-14-5-4-8-28-21(14)32)31-22(33)17-10-13-6-7-16(25)19(26)20(13)30-17/h6-7,10,14-15,18,30H,4-5,8-9,11H2,1-3H3,(H,28,32)(H,29,34)(H,31,33). The summed E-state index contributed by atoms with van der Waals surface area (Å²) in [5, 5.41) is 19.3. The lowest BCUT2D eigenvalue weighted by atomic mass is 9.87. The number of benzene rings is 1. The number of amides is 3. The fourth-order valence-electron chi connectivity index (χ4n) is 4.08. The van der Waals surface area contributed by atoms with Crippen LogP contribution in [-0.4, -0.2) is 41.3 Å². The van der Waals surface area contributed by atoms with Crippen LogP contribution in [0.25, 0.3) is 10.9 Å². The predicted octanol–water partition coefficient (Wildman–Crippen LogP) is 3.93. The van der Waals surface area contributed by atoms with E-state index in [2.05, 4.69) is 27.0 Å². The lowest BCUT2D eigenvalue weighted by Crippen LogP contribution is -2.51. The van der Waals surface area contributed by atoms with E-state index in [0.29, 0.717) is 40.3 Å². The molecule has 1 aliphatic heterocycles. The Labute approximate surface area is 208 Å². The number of aromatic nitrogens is 1. The Morgan fingerprint density at radius 3 is 2.65 bits per heavy atom. The third kappa shape index (κ3) is 6.43. The van der Waals surface area contributed by atoms with Gasteiger partial charge in [-0.2, -0.15) is 5.26 Å². The van der Waals surface area contributed by atoms with Crippen LogP contribution in [0.5, 0.6) is 0 Å². The summed E-state index contributed by atoms with van der Waals surface area (Å²) in [7, 11) is 0. The second-order valence-corrected chi connectivity index (χ2v) is 10.6. The minimum Gasteiger partial charge on any atom is -0.356 e. The van der Waals surface area contributed by atoms with Gasteiger partial charge in [0.2, 0.25) is 11.8 Å². The molecule has 182 valence electrons. The third-order valence-corrected chi connectivity index (χ3v) is 6.57. The van der Waals surface area contributed by atoms with Gasteiger partial charge in [0, 0.05) is 17.8 Å². The Morgan fingerprint density at radius 2 is 2.00 bits per heavy atom. The summed E-state index contributed by atoms with van der Waals surface area (Å²) in [5.41, 5.74) is 0.492. The Hall–Kier alpha value is -2.76. The van der Waals surface area contributed by atoms with E-state index in [1.54, 1.807) is 18.2 Å². The molecule has 0 spiro atoms. The van der Waals surface area contributed by atoms with Crippen LogP contribution < -0.4 is 16.0 Å². The van der Waals surface area contributed by atoms with Gasteiger partial charge in [-0.15, -0.1) is 0 Å². The number of carbonyl (C=O) groups is 3. The van der Waals surface area contributed by atoms with Gasteiger partial charge in [0.1, 0.15) is 17.8 Å². The molecule has 3 atom stereocenters. The van der Waals surface area contributed by atoms with E-state index in [1.807, 2.05) is 20.8 Å². The molecule has 2 aromatic rings. The molecule has 4 N–H and O–H groups in total. The molecule has 10 heteroatoms. The van der Waals surface area contributed by atoms with Gasteiger partial charge in [-0.25, -0.2) is 0 Å². The van der Waals surface area contributed by atoms with Gasteiger partial charge < -0.3 is 20.9 Å². The number of rotatable bonds is 7. The van der Waals surface area contributed by atoms with Crippen LogP contribution in [0, 0.1) is 22.7 Å². The summed E-state index contributed by atoms with van der Waals surface area (Å²) in [6.45, 7) is 6.50. The van der Waals surface area contributed by atoms with Gasteiger partial charge in [0.25, 0.3) is 5.91 Å². The van der Waals surface area contributed by atoms with E-state index in [4.69, 9.17) is 23.2 Å². The van der Waals surface area contributed by atoms with Crippen molar-refractivity contribution >= 4 is 51.8 Å². The smallest absolute Gasteiger partial charge is 0.268 e. The maximum absolute atomic E-state index is 13.1. The van der Waals surface area contributed by atoms with Crippen molar-refractivity contribution in [3.05, 3.63) is 33.9 Å². The molecule has 34 heavy (non-hydrogen) atoms. The molecule has 2 heterocycles. The molecule has 1 saturated heterocycles. The monoisotopic (exact) mass is 505 g/mol. The highest BCUT2D eigenvalue weighted by Gasteiger charge is 2.31. The van der Waals surface area contributed by atoms with E-state index < -0.39 is 23.9 Å². The number of carbonyl (C=O) groups excluding carboxylic acids is 3. The SMILES string of the molecule is CC(C)(C)CC(NC(=O)c1cc2ccc(Cl)c(Cl)c2[nH]1)C(=O)NC(C#N)CC1CCCNC1=O. The van der Waals surface area contributed by atoms with Gasteiger partial charge in [-0.05, 0) is 43.2 Å². The van der Waals surface area contributed by atoms with Crippen molar-refractivity contribution in [1.82, 2.24) is 20.9 Å². The van der Waals surface area contributed by atoms with Gasteiger partial charge in [-0.1, -0.05) is 50.0 Å². The number of nitriles is 1. The fraction of sp³-hybridized carbons (Fsp3) is 0.500. The van der Waals surface area contributed by atoms with Crippen LogP contribution in [0.1, 0.15) is 56.9 Å². The lowest BCUT2D eigenvalue weighted by Gasteiger charge is -2.28. The quantitative estimate of drug-likeness (QED) is 0.454. The Bertz CT molecular complexity index is 1130. The molecule has 0 bridgehead atoms. The van der Waals surface area contributed by atoms with Gasteiger partial charge in [0.15, 0.2) is 0 Å². The molecular formula is C24H29Cl2N5O3. The van der Waals surface area contributed by atoms with Gasteiger partial charge in [0.05, 0.1) is 21.6 Å². The first-order chi connectivity index (χ1) is 16.0. The minimum atomic E-state index is -0.881. The summed E-state index contributed by atoms with van der Waals surface area (Å²) in [4.78, 5) is 41.2. The largest absolute Gasteiger partial charge is 0.356 e. The first-order valence-corrected chi connectivity index (χ1v) is 12.0. The van der Waals surface area contributed by atoms with Crippen LogP contribution in [0.2, 0.25) is 10.0 Å². The van der Waals surface area contributed by atoms with Crippen LogP contribution in [0.3, 0.4) is 0 Å². The minimum absolute atomic E-state index is 0.0992. The molecule has 0 saturated carbocycles. The van der Waals surface area contributed by atoms with Crippen molar-refractivity contribution in [2.24, 2.45) is 11.3 Å². The van der Waals surface area contributed by atoms with Crippen molar-refractivity contribution < 1.29 is 14.4 Å². The van der Waals surface area contributed by atoms with Crippen molar-refractivity contribution in [3.63, 3.8) is 0 Å². The second kappa shape index (κ2) is 10.7. The summed E-state index contributed by atoms with van der Waals surface area (Å²) in [5.74, 6) is -1.37. The summed E-state index contributed by atoms with van der Waals surface area (Å²) in [6.07, 6.45) is 2.09. The maximum atomic E-state index is 13.1. The zero-order valence-electron chi connectivity index (χ0n) is 19.4. The second-order valence-electron chi connectivity index (χ2n) is 9.86. The van der Waals surface area contributed by atoms with E-state index in [9.17, 15) is 19.6 Å². The molecule has 3 amide bonds. The van der Waals surface area contributed by atoms with Crippen LogP contribution in [0.15, 0.2) is 18.2 Å². The number of halogens is 2. The number of aromatic amines is 1. The number of fused-ring (bicyclic) bond motifs is 1.